The average molecular weight is 242 g/mol. The number of ether oxygens (including phenoxy) is 1. The maximum Gasteiger partial charge on any atom is 0.130 e. The molecule has 4 heteroatoms. The van der Waals surface area contributed by atoms with E-state index in [1.165, 1.54) is 0 Å². The molecule has 0 spiro atoms. The molecule has 0 radical (unpaired) electrons. The lowest BCUT2D eigenvalue weighted by Gasteiger charge is -2.06. The van der Waals surface area contributed by atoms with Crippen LogP contribution >= 0.6 is 0 Å². The molecule has 0 saturated heterocycles. The molecule has 0 saturated carbocycles. The molecule has 1 aromatic heterocycles. The van der Waals surface area contributed by atoms with Gasteiger partial charge in [0.25, 0.3) is 0 Å². The lowest BCUT2D eigenvalue weighted by atomic mass is 10.1. The standard InChI is InChI=1S/C14H14N2O2/c1-11(16-17)12-5-7-14(8-6-12)18-10-13-4-2-3-9-15-13/h2-9,17H,10H2,1H3/b16-11+. The minimum atomic E-state index is 0.438. The van der Waals surface area contributed by atoms with Crippen molar-refractivity contribution < 1.29 is 9.94 Å². The van der Waals surface area contributed by atoms with Crippen LogP contribution in [0.15, 0.2) is 53.8 Å². The molecule has 1 heterocycles. The van der Waals surface area contributed by atoms with Crippen LogP contribution in [0.3, 0.4) is 0 Å². The van der Waals surface area contributed by atoms with Gasteiger partial charge in [-0.05, 0) is 48.9 Å². The van der Waals surface area contributed by atoms with Crippen LogP contribution in [0.2, 0.25) is 0 Å². The molecule has 0 bridgehead atoms. The fraction of sp³-hybridized carbons (Fsp3) is 0.143. The Morgan fingerprint density at radius 1 is 1.22 bits per heavy atom. The second-order valence-corrected chi connectivity index (χ2v) is 3.82. The minimum Gasteiger partial charge on any atom is -0.487 e. The normalized spacial score (nSPS) is 11.3. The molecule has 0 amide bonds. The molecule has 18 heavy (non-hydrogen) atoms. The summed E-state index contributed by atoms with van der Waals surface area (Å²) < 4.78 is 5.60. The van der Waals surface area contributed by atoms with Crippen molar-refractivity contribution in [2.45, 2.75) is 13.5 Å². The van der Waals surface area contributed by atoms with Gasteiger partial charge in [0.1, 0.15) is 12.4 Å². The lowest BCUT2D eigenvalue weighted by molar-refractivity contribution is 0.301. The van der Waals surface area contributed by atoms with Gasteiger partial charge in [-0.1, -0.05) is 11.2 Å². The number of aromatic nitrogens is 1. The van der Waals surface area contributed by atoms with Crippen molar-refractivity contribution in [2.75, 3.05) is 0 Å². The highest BCUT2D eigenvalue weighted by molar-refractivity contribution is 5.98. The highest BCUT2D eigenvalue weighted by atomic mass is 16.5. The van der Waals surface area contributed by atoms with E-state index in [1.807, 2.05) is 42.5 Å². The molecule has 1 N–H and O–H groups in total. The fourth-order valence-corrected chi connectivity index (χ4v) is 1.49. The van der Waals surface area contributed by atoms with Crippen LogP contribution < -0.4 is 4.74 Å². The van der Waals surface area contributed by atoms with Gasteiger partial charge < -0.3 is 9.94 Å². The summed E-state index contributed by atoms with van der Waals surface area (Å²) in [6, 6.07) is 13.1. The van der Waals surface area contributed by atoms with Gasteiger partial charge in [0.2, 0.25) is 0 Å². The van der Waals surface area contributed by atoms with Crippen LogP contribution in [0.5, 0.6) is 5.75 Å². The SMILES string of the molecule is C/C(=N\O)c1ccc(OCc2ccccn2)cc1. The number of nitrogens with zero attached hydrogens (tertiary/aromatic N) is 2. The van der Waals surface area contributed by atoms with Gasteiger partial charge in [-0.2, -0.15) is 0 Å². The van der Waals surface area contributed by atoms with Gasteiger partial charge >= 0.3 is 0 Å². The van der Waals surface area contributed by atoms with Gasteiger partial charge in [0.05, 0.1) is 11.4 Å². The zero-order valence-electron chi connectivity index (χ0n) is 10.1. The summed E-state index contributed by atoms with van der Waals surface area (Å²) in [5.41, 5.74) is 2.32. The molecule has 0 aliphatic rings. The quantitative estimate of drug-likeness (QED) is 0.509. The molecule has 0 aliphatic heterocycles. The molecule has 92 valence electrons. The number of benzene rings is 1. The molecule has 4 nitrogen and oxygen atoms in total. The second kappa shape index (κ2) is 5.82. The largest absolute Gasteiger partial charge is 0.487 e. The van der Waals surface area contributed by atoms with Crippen LogP contribution in [-0.2, 0) is 6.61 Å². The van der Waals surface area contributed by atoms with Crippen molar-refractivity contribution >= 4 is 5.71 Å². The molecule has 2 aromatic rings. The van der Waals surface area contributed by atoms with E-state index in [4.69, 9.17) is 9.94 Å². The Labute approximate surface area is 106 Å². The molecule has 0 aliphatic carbocycles. The Bertz CT molecular complexity index is 521. The number of hydrogen-bond acceptors (Lipinski definition) is 4. The van der Waals surface area contributed by atoms with E-state index in [2.05, 4.69) is 10.1 Å². The van der Waals surface area contributed by atoms with Crippen molar-refractivity contribution in [3.8, 4) is 5.75 Å². The third kappa shape index (κ3) is 3.07. The van der Waals surface area contributed by atoms with E-state index in [-0.39, 0.29) is 0 Å². The zero-order valence-corrected chi connectivity index (χ0v) is 10.1. The topological polar surface area (TPSA) is 54.7 Å². The fourth-order valence-electron chi connectivity index (χ4n) is 1.49. The van der Waals surface area contributed by atoms with Crippen molar-refractivity contribution in [2.24, 2.45) is 5.16 Å². The molecule has 0 atom stereocenters. The monoisotopic (exact) mass is 242 g/mol. The van der Waals surface area contributed by atoms with Gasteiger partial charge in [0, 0.05) is 6.20 Å². The summed E-state index contributed by atoms with van der Waals surface area (Å²) in [5.74, 6) is 0.759. The van der Waals surface area contributed by atoms with Crippen molar-refractivity contribution in [1.29, 1.82) is 0 Å². The lowest BCUT2D eigenvalue weighted by Crippen LogP contribution is -1.98. The second-order valence-electron chi connectivity index (χ2n) is 3.82. The summed E-state index contributed by atoms with van der Waals surface area (Å²) in [6.45, 7) is 2.18. The molecule has 2 rings (SSSR count). The summed E-state index contributed by atoms with van der Waals surface area (Å²) >= 11 is 0. The number of hydrogen-bond donors (Lipinski definition) is 1. The first kappa shape index (κ1) is 12.1. The van der Waals surface area contributed by atoms with Gasteiger partial charge in [-0.3, -0.25) is 4.98 Å². The van der Waals surface area contributed by atoms with Crippen LogP contribution in [-0.4, -0.2) is 15.9 Å². The van der Waals surface area contributed by atoms with E-state index in [1.54, 1.807) is 13.1 Å². The van der Waals surface area contributed by atoms with Crippen LogP contribution in [0.25, 0.3) is 0 Å². The van der Waals surface area contributed by atoms with Crippen molar-refractivity contribution in [3.63, 3.8) is 0 Å². The Hall–Kier alpha value is -2.36. The van der Waals surface area contributed by atoms with Crippen LogP contribution in [0.1, 0.15) is 18.2 Å². The maximum absolute atomic E-state index is 8.66. The van der Waals surface area contributed by atoms with Crippen LogP contribution in [0, 0.1) is 0 Å². The first-order valence-corrected chi connectivity index (χ1v) is 5.61. The number of pyridine rings is 1. The minimum absolute atomic E-state index is 0.438. The van der Waals surface area contributed by atoms with E-state index < -0.39 is 0 Å². The van der Waals surface area contributed by atoms with Gasteiger partial charge in [-0.15, -0.1) is 0 Å². The average Bonchev–Trinajstić information content (AvgIpc) is 2.46. The van der Waals surface area contributed by atoms with E-state index in [9.17, 15) is 0 Å². The molecule has 0 unspecified atom stereocenters. The Morgan fingerprint density at radius 3 is 2.61 bits per heavy atom. The first-order valence-electron chi connectivity index (χ1n) is 5.61. The maximum atomic E-state index is 8.66. The smallest absolute Gasteiger partial charge is 0.130 e. The van der Waals surface area contributed by atoms with Crippen molar-refractivity contribution in [3.05, 3.63) is 59.9 Å². The van der Waals surface area contributed by atoms with E-state index >= 15 is 0 Å². The summed E-state index contributed by atoms with van der Waals surface area (Å²) in [4.78, 5) is 4.18. The van der Waals surface area contributed by atoms with Gasteiger partial charge in [0.15, 0.2) is 0 Å². The summed E-state index contributed by atoms with van der Waals surface area (Å²) in [6.07, 6.45) is 1.74. The number of rotatable bonds is 4. The number of oxime groups is 1. The third-order valence-electron chi connectivity index (χ3n) is 2.53. The highest BCUT2D eigenvalue weighted by Crippen LogP contribution is 2.14. The molecular weight excluding hydrogens is 228 g/mol. The Kier molecular flexibility index (Phi) is 3.91. The summed E-state index contributed by atoms with van der Waals surface area (Å²) in [5, 5.41) is 11.8. The molecule has 0 fully saturated rings. The van der Waals surface area contributed by atoms with Gasteiger partial charge in [-0.25, -0.2) is 0 Å². The highest BCUT2D eigenvalue weighted by Gasteiger charge is 1.99. The Balaban J connectivity index is 1.99. The zero-order chi connectivity index (χ0) is 12.8. The predicted octanol–water partition coefficient (Wildman–Crippen LogP) is 2.86. The van der Waals surface area contributed by atoms with Crippen molar-refractivity contribution in [1.82, 2.24) is 4.98 Å². The van der Waals surface area contributed by atoms with Crippen LogP contribution in [0.4, 0.5) is 0 Å². The Morgan fingerprint density at radius 2 is 2.00 bits per heavy atom. The third-order valence-corrected chi connectivity index (χ3v) is 2.53. The van der Waals surface area contributed by atoms with E-state index in [0.717, 1.165) is 17.0 Å². The summed E-state index contributed by atoms with van der Waals surface area (Å²) in [7, 11) is 0. The first-order chi connectivity index (χ1) is 8.79. The predicted molar refractivity (Wildman–Crippen MR) is 69.0 cm³/mol. The molecular formula is C14H14N2O2. The van der Waals surface area contributed by atoms with E-state index in [0.29, 0.717) is 12.3 Å². The molecule has 1 aromatic carbocycles.